The standard InChI is InChI=1S/C11H18O4S.Na/c1-2-3-4-5-6-7-10-8-9-11(15-10)16(12,13)14;/h8-9H,2-7H2,1H3,(H,12,13,14);/q;+1/p-1. The van der Waals surface area contributed by atoms with E-state index in [1.807, 2.05) is 0 Å². The molecule has 0 N–H and O–H groups in total. The molecule has 0 amide bonds. The van der Waals surface area contributed by atoms with E-state index < -0.39 is 15.2 Å². The quantitative estimate of drug-likeness (QED) is 0.387. The average Bonchev–Trinajstić information content (AvgIpc) is 2.65. The van der Waals surface area contributed by atoms with Gasteiger partial charge in [0, 0.05) is 6.42 Å². The van der Waals surface area contributed by atoms with Crippen LogP contribution < -0.4 is 29.6 Å². The van der Waals surface area contributed by atoms with Crippen LogP contribution in [0.25, 0.3) is 0 Å². The molecular formula is C11H17NaO4S. The molecule has 0 saturated carbocycles. The van der Waals surface area contributed by atoms with Crippen LogP contribution in [0.15, 0.2) is 21.6 Å². The van der Waals surface area contributed by atoms with Crippen molar-refractivity contribution in [2.45, 2.75) is 50.5 Å². The number of rotatable bonds is 7. The van der Waals surface area contributed by atoms with E-state index in [4.69, 9.17) is 4.42 Å². The van der Waals surface area contributed by atoms with E-state index in [0.29, 0.717) is 12.2 Å². The van der Waals surface area contributed by atoms with E-state index in [0.717, 1.165) is 12.8 Å². The number of unbranched alkanes of at least 4 members (excludes halogenated alkanes) is 4. The summed E-state index contributed by atoms with van der Waals surface area (Å²) in [5.41, 5.74) is 0. The van der Waals surface area contributed by atoms with Gasteiger partial charge in [-0.1, -0.05) is 32.6 Å². The second kappa shape index (κ2) is 8.32. The van der Waals surface area contributed by atoms with Gasteiger partial charge in [0.1, 0.15) is 5.76 Å². The van der Waals surface area contributed by atoms with Gasteiger partial charge in [0.25, 0.3) is 0 Å². The van der Waals surface area contributed by atoms with Crippen LogP contribution in [0.2, 0.25) is 0 Å². The van der Waals surface area contributed by atoms with Crippen molar-refractivity contribution in [1.82, 2.24) is 0 Å². The maximum absolute atomic E-state index is 10.6. The predicted molar refractivity (Wildman–Crippen MR) is 59.1 cm³/mol. The summed E-state index contributed by atoms with van der Waals surface area (Å²) < 4.78 is 36.8. The maximum Gasteiger partial charge on any atom is 1.00 e. The van der Waals surface area contributed by atoms with E-state index in [1.165, 1.54) is 25.3 Å². The van der Waals surface area contributed by atoms with Gasteiger partial charge >= 0.3 is 29.6 Å². The minimum absolute atomic E-state index is 0. The van der Waals surface area contributed by atoms with Crippen molar-refractivity contribution in [2.24, 2.45) is 0 Å². The summed E-state index contributed by atoms with van der Waals surface area (Å²) in [6.07, 6.45) is 6.36. The Hall–Kier alpha value is 0.190. The van der Waals surface area contributed by atoms with Crippen molar-refractivity contribution in [3.05, 3.63) is 17.9 Å². The Kier molecular flexibility index (Phi) is 8.41. The normalized spacial score (nSPS) is 11.2. The number of hydrogen-bond donors (Lipinski definition) is 0. The van der Waals surface area contributed by atoms with Gasteiger partial charge in [-0.3, -0.25) is 0 Å². The second-order valence-corrected chi connectivity index (χ2v) is 5.15. The largest absolute Gasteiger partial charge is 1.00 e. The summed E-state index contributed by atoms with van der Waals surface area (Å²) in [4.78, 5) is 0. The minimum atomic E-state index is -4.44. The number of aryl methyl sites for hydroxylation is 1. The molecule has 0 radical (unpaired) electrons. The van der Waals surface area contributed by atoms with E-state index in [9.17, 15) is 13.0 Å². The summed E-state index contributed by atoms with van der Waals surface area (Å²) in [5.74, 6) is 0.575. The Bertz CT molecular complexity index is 411. The van der Waals surface area contributed by atoms with Gasteiger partial charge in [-0.15, -0.1) is 0 Å². The molecule has 0 saturated heterocycles. The molecule has 1 heterocycles. The van der Waals surface area contributed by atoms with Gasteiger partial charge in [-0.05, 0) is 18.6 Å². The van der Waals surface area contributed by atoms with Gasteiger partial charge in [0.2, 0.25) is 5.09 Å². The maximum atomic E-state index is 10.6. The second-order valence-electron chi connectivity index (χ2n) is 3.84. The Balaban J connectivity index is 0.00000256. The van der Waals surface area contributed by atoms with Crippen molar-refractivity contribution in [1.29, 1.82) is 0 Å². The third kappa shape index (κ3) is 6.62. The molecule has 0 spiro atoms. The zero-order valence-electron chi connectivity index (χ0n) is 10.4. The third-order valence-electron chi connectivity index (χ3n) is 2.41. The van der Waals surface area contributed by atoms with Crippen molar-refractivity contribution < 1.29 is 46.9 Å². The number of hydrogen-bond acceptors (Lipinski definition) is 4. The third-order valence-corrected chi connectivity index (χ3v) is 3.12. The SMILES string of the molecule is CCCCCCCc1ccc(S(=O)(=O)[O-])o1.[Na+]. The van der Waals surface area contributed by atoms with Gasteiger partial charge in [-0.25, -0.2) is 8.42 Å². The first-order chi connectivity index (χ1) is 7.54. The van der Waals surface area contributed by atoms with Crippen LogP contribution in [0.4, 0.5) is 0 Å². The molecule has 1 aromatic heterocycles. The summed E-state index contributed by atoms with van der Waals surface area (Å²) in [6.45, 7) is 2.15. The van der Waals surface area contributed by atoms with Crippen LogP contribution in [0.5, 0.6) is 0 Å². The molecule has 0 unspecified atom stereocenters. The van der Waals surface area contributed by atoms with Crippen LogP contribution in [-0.2, 0) is 16.5 Å². The molecule has 0 bridgehead atoms. The van der Waals surface area contributed by atoms with Crippen LogP contribution in [0.3, 0.4) is 0 Å². The van der Waals surface area contributed by atoms with E-state index in [-0.39, 0.29) is 29.6 Å². The minimum Gasteiger partial charge on any atom is -0.742 e. The molecule has 4 nitrogen and oxygen atoms in total. The summed E-state index contributed by atoms with van der Waals surface area (Å²) >= 11 is 0. The molecule has 17 heavy (non-hydrogen) atoms. The molecule has 0 fully saturated rings. The van der Waals surface area contributed by atoms with E-state index >= 15 is 0 Å². The Morgan fingerprint density at radius 1 is 1.18 bits per heavy atom. The topological polar surface area (TPSA) is 70.3 Å². The summed E-state index contributed by atoms with van der Waals surface area (Å²) in [7, 11) is -4.44. The van der Waals surface area contributed by atoms with Gasteiger partial charge in [-0.2, -0.15) is 0 Å². The molecule has 0 atom stereocenters. The van der Waals surface area contributed by atoms with Crippen LogP contribution >= 0.6 is 0 Å². The van der Waals surface area contributed by atoms with Crippen molar-refractivity contribution in [3.63, 3.8) is 0 Å². The molecular weight excluding hydrogens is 251 g/mol. The monoisotopic (exact) mass is 268 g/mol. The first-order valence-corrected chi connectivity index (χ1v) is 6.99. The zero-order valence-corrected chi connectivity index (χ0v) is 13.3. The molecule has 0 aliphatic heterocycles. The molecule has 0 aromatic carbocycles. The molecule has 1 aromatic rings. The first kappa shape index (κ1) is 17.2. The van der Waals surface area contributed by atoms with Crippen LogP contribution in [0.1, 0.15) is 44.8 Å². The van der Waals surface area contributed by atoms with Gasteiger partial charge in [0.05, 0.1) is 0 Å². The Labute approximate surface area is 125 Å². The average molecular weight is 268 g/mol. The van der Waals surface area contributed by atoms with Crippen LogP contribution in [-0.4, -0.2) is 13.0 Å². The molecule has 6 heteroatoms. The predicted octanol–water partition coefficient (Wildman–Crippen LogP) is -0.299. The molecule has 1 rings (SSSR count). The summed E-state index contributed by atoms with van der Waals surface area (Å²) in [5, 5.41) is -0.476. The first-order valence-electron chi connectivity index (χ1n) is 5.58. The molecule has 0 aliphatic carbocycles. The molecule has 0 aliphatic rings. The van der Waals surface area contributed by atoms with Gasteiger partial charge < -0.3 is 8.97 Å². The number of furan rings is 1. The van der Waals surface area contributed by atoms with Gasteiger partial charge in [0.15, 0.2) is 10.1 Å². The van der Waals surface area contributed by atoms with E-state index in [1.54, 1.807) is 6.07 Å². The fourth-order valence-electron chi connectivity index (χ4n) is 1.53. The Morgan fingerprint density at radius 2 is 1.82 bits per heavy atom. The fraction of sp³-hybridized carbons (Fsp3) is 0.636. The fourth-order valence-corrected chi connectivity index (χ4v) is 1.97. The van der Waals surface area contributed by atoms with Crippen molar-refractivity contribution >= 4 is 10.1 Å². The molecule has 92 valence electrons. The smallest absolute Gasteiger partial charge is 0.742 e. The van der Waals surface area contributed by atoms with Crippen LogP contribution in [0, 0.1) is 0 Å². The zero-order chi connectivity index (χ0) is 12.0. The van der Waals surface area contributed by atoms with Crippen molar-refractivity contribution in [3.8, 4) is 0 Å². The van der Waals surface area contributed by atoms with Crippen molar-refractivity contribution in [2.75, 3.05) is 0 Å². The van der Waals surface area contributed by atoms with E-state index in [2.05, 4.69) is 6.92 Å². The summed E-state index contributed by atoms with van der Waals surface area (Å²) in [6, 6.07) is 2.79. The Morgan fingerprint density at radius 3 is 2.35 bits per heavy atom.